The quantitative estimate of drug-likeness (QED) is 0.894. The Bertz CT molecular complexity index is 614. The number of rotatable bonds is 3. The predicted molar refractivity (Wildman–Crippen MR) is 71.7 cm³/mol. The van der Waals surface area contributed by atoms with Crippen LogP contribution in [0.25, 0.3) is 11.0 Å². The molecule has 2 aromatic rings. The number of hydrogen-bond donors (Lipinski definition) is 1. The van der Waals surface area contributed by atoms with E-state index in [1.54, 1.807) is 12.1 Å². The van der Waals surface area contributed by atoms with Crippen molar-refractivity contribution >= 4 is 40.1 Å². The zero-order valence-corrected chi connectivity index (χ0v) is 11.5. The molecule has 0 radical (unpaired) electrons. The summed E-state index contributed by atoms with van der Waals surface area (Å²) in [4.78, 5) is 11.2. The van der Waals surface area contributed by atoms with Gasteiger partial charge in [0.15, 0.2) is 5.58 Å². The lowest BCUT2D eigenvalue weighted by Gasteiger charge is -2.03. The standard InChI is InChI=1S/C13H12Cl2O3/c1-6(2)5-8-7-3-4-9(14)10(15)11(7)18-12(8)13(16)17/h3-4,6H,5H2,1-2H3,(H,16,17). The van der Waals surface area contributed by atoms with E-state index in [1.807, 2.05) is 13.8 Å². The molecule has 5 heteroatoms. The Morgan fingerprint density at radius 2 is 2.06 bits per heavy atom. The fourth-order valence-corrected chi connectivity index (χ4v) is 2.29. The fourth-order valence-electron chi connectivity index (χ4n) is 1.94. The Morgan fingerprint density at radius 1 is 1.39 bits per heavy atom. The number of carboxylic acids is 1. The normalized spacial score (nSPS) is 11.4. The molecule has 0 saturated heterocycles. The maximum Gasteiger partial charge on any atom is 0.372 e. The first-order valence-corrected chi connectivity index (χ1v) is 6.30. The van der Waals surface area contributed by atoms with Crippen molar-refractivity contribution in [2.24, 2.45) is 5.92 Å². The van der Waals surface area contributed by atoms with Gasteiger partial charge in [-0.3, -0.25) is 0 Å². The van der Waals surface area contributed by atoms with Crippen LogP contribution < -0.4 is 0 Å². The number of halogens is 2. The fraction of sp³-hybridized carbons (Fsp3) is 0.308. The van der Waals surface area contributed by atoms with Crippen molar-refractivity contribution in [1.29, 1.82) is 0 Å². The van der Waals surface area contributed by atoms with E-state index in [-0.39, 0.29) is 10.8 Å². The van der Waals surface area contributed by atoms with Gasteiger partial charge in [-0.25, -0.2) is 4.79 Å². The average Bonchev–Trinajstić information content (AvgIpc) is 2.63. The second-order valence-electron chi connectivity index (χ2n) is 4.55. The summed E-state index contributed by atoms with van der Waals surface area (Å²) in [6.45, 7) is 4.03. The summed E-state index contributed by atoms with van der Waals surface area (Å²) in [6, 6.07) is 3.40. The van der Waals surface area contributed by atoms with Gasteiger partial charge in [-0.15, -0.1) is 0 Å². The van der Waals surface area contributed by atoms with Crippen molar-refractivity contribution in [3.05, 3.63) is 33.5 Å². The van der Waals surface area contributed by atoms with Gasteiger partial charge in [-0.2, -0.15) is 0 Å². The molecule has 1 aromatic heterocycles. The monoisotopic (exact) mass is 286 g/mol. The van der Waals surface area contributed by atoms with E-state index in [1.165, 1.54) is 0 Å². The van der Waals surface area contributed by atoms with Gasteiger partial charge in [0.1, 0.15) is 5.02 Å². The van der Waals surface area contributed by atoms with E-state index in [0.29, 0.717) is 28.5 Å². The Morgan fingerprint density at radius 3 is 2.61 bits per heavy atom. The first kappa shape index (κ1) is 13.2. The van der Waals surface area contributed by atoms with Crippen molar-refractivity contribution in [2.45, 2.75) is 20.3 Å². The van der Waals surface area contributed by atoms with Gasteiger partial charge in [0.2, 0.25) is 5.76 Å². The van der Waals surface area contributed by atoms with Crippen LogP contribution in [0.15, 0.2) is 16.5 Å². The third kappa shape index (κ3) is 2.20. The van der Waals surface area contributed by atoms with Gasteiger partial charge in [-0.1, -0.05) is 37.0 Å². The molecule has 0 aliphatic heterocycles. The second kappa shape index (κ2) is 4.82. The maximum atomic E-state index is 11.2. The molecule has 1 N–H and O–H groups in total. The Labute approximate surface area is 114 Å². The third-order valence-electron chi connectivity index (χ3n) is 2.66. The largest absolute Gasteiger partial charge is 0.475 e. The van der Waals surface area contributed by atoms with Crippen molar-refractivity contribution in [3.8, 4) is 0 Å². The van der Waals surface area contributed by atoms with Gasteiger partial charge in [0.05, 0.1) is 5.02 Å². The molecule has 0 aliphatic rings. The van der Waals surface area contributed by atoms with Crippen LogP contribution in [0, 0.1) is 5.92 Å². The highest BCUT2D eigenvalue weighted by Crippen LogP contribution is 2.36. The summed E-state index contributed by atoms with van der Waals surface area (Å²) in [5.41, 5.74) is 1.02. The molecule has 0 unspecified atom stereocenters. The molecule has 0 bridgehead atoms. The molecule has 0 saturated carbocycles. The number of furan rings is 1. The molecule has 96 valence electrons. The van der Waals surface area contributed by atoms with Crippen LogP contribution in [0.1, 0.15) is 30.0 Å². The minimum Gasteiger partial charge on any atom is -0.475 e. The molecule has 1 heterocycles. The highest BCUT2D eigenvalue weighted by molar-refractivity contribution is 6.45. The van der Waals surface area contributed by atoms with Gasteiger partial charge in [0.25, 0.3) is 0 Å². The number of hydrogen-bond acceptors (Lipinski definition) is 2. The van der Waals surface area contributed by atoms with Crippen LogP contribution in [0.2, 0.25) is 10.0 Å². The predicted octanol–water partition coefficient (Wildman–Crippen LogP) is 4.64. The topological polar surface area (TPSA) is 50.4 Å². The maximum absolute atomic E-state index is 11.2. The molecule has 0 amide bonds. The molecule has 0 fully saturated rings. The van der Waals surface area contributed by atoms with Gasteiger partial charge in [-0.05, 0) is 24.5 Å². The molecule has 2 rings (SSSR count). The average molecular weight is 287 g/mol. The number of aromatic carboxylic acids is 1. The minimum absolute atomic E-state index is 0.0529. The lowest BCUT2D eigenvalue weighted by molar-refractivity contribution is 0.0663. The smallest absolute Gasteiger partial charge is 0.372 e. The number of fused-ring (bicyclic) bond motifs is 1. The van der Waals surface area contributed by atoms with E-state index < -0.39 is 5.97 Å². The Kier molecular flexibility index (Phi) is 3.55. The Hall–Kier alpha value is -1.19. The first-order chi connectivity index (χ1) is 8.41. The molecule has 18 heavy (non-hydrogen) atoms. The molecule has 0 atom stereocenters. The van der Waals surface area contributed by atoms with Gasteiger partial charge >= 0.3 is 5.97 Å². The van der Waals surface area contributed by atoms with E-state index in [4.69, 9.17) is 32.7 Å². The molecule has 3 nitrogen and oxygen atoms in total. The van der Waals surface area contributed by atoms with Gasteiger partial charge < -0.3 is 9.52 Å². The van der Waals surface area contributed by atoms with Crippen LogP contribution >= 0.6 is 23.2 Å². The van der Waals surface area contributed by atoms with E-state index in [2.05, 4.69) is 0 Å². The summed E-state index contributed by atoms with van der Waals surface area (Å²) in [5.74, 6) is -0.824. The summed E-state index contributed by atoms with van der Waals surface area (Å²) < 4.78 is 5.36. The number of carboxylic acid groups (broad SMARTS) is 1. The molecular weight excluding hydrogens is 275 g/mol. The van der Waals surface area contributed by atoms with Gasteiger partial charge in [0, 0.05) is 10.9 Å². The van der Waals surface area contributed by atoms with E-state index in [0.717, 1.165) is 5.39 Å². The highest BCUT2D eigenvalue weighted by atomic mass is 35.5. The van der Waals surface area contributed by atoms with Crippen LogP contribution in [0.5, 0.6) is 0 Å². The summed E-state index contributed by atoms with van der Waals surface area (Å²) in [7, 11) is 0. The molecular formula is C13H12Cl2O3. The first-order valence-electron chi connectivity index (χ1n) is 5.54. The highest BCUT2D eigenvalue weighted by Gasteiger charge is 2.22. The van der Waals surface area contributed by atoms with Crippen molar-refractivity contribution < 1.29 is 14.3 Å². The van der Waals surface area contributed by atoms with E-state index in [9.17, 15) is 4.79 Å². The molecule has 0 aliphatic carbocycles. The Balaban J connectivity index is 2.75. The zero-order valence-electron chi connectivity index (χ0n) is 9.96. The molecule has 1 aromatic carbocycles. The zero-order chi connectivity index (χ0) is 13.4. The van der Waals surface area contributed by atoms with Crippen molar-refractivity contribution in [3.63, 3.8) is 0 Å². The lowest BCUT2D eigenvalue weighted by Crippen LogP contribution is -2.02. The summed E-state index contributed by atoms with van der Waals surface area (Å²) in [6.07, 6.45) is 0.618. The van der Waals surface area contributed by atoms with E-state index >= 15 is 0 Å². The lowest BCUT2D eigenvalue weighted by atomic mass is 10.00. The summed E-state index contributed by atoms with van der Waals surface area (Å²) >= 11 is 11.9. The SMILES string of the molecule is CC(C)Cc1c(C(=O)O)oc2c(Cl)c(Cl)ccc12. The van der Waals surface area contributed by atoms with Crippen molar-refractivity contribution in [1.82, 2.24) is 0 Å². The van der Waals surface area contributed by atoms with Crippen LogP contribution in [0.3, 0.4) is 0 Å². The third-order valence-corrected chi connectivity index (χ3v) is 3.45. The van der Waals surface area contributed by atoms with Crippen LogP contribution in [-0.4, -0.2) is 11.1 Å². The minimum atomic E-state index is -1.09. The second-order valence-corrected chi connectivity index (χ2v) is 5.34. The van der Waals surface area contributed by atoms with Crippen molar-refractivity contribution in [2.75, 3.05) is 0 Å². The van der Waals surface area contributed by atoms with Crippen LogP contribution in [0.4, 0.5) is 0 Å². The summed E-state index contributed by atoms with van der Waals surface area (Å²) in [5, 5.41) is 10.5. The molecule has 0 spiro atoms. The number of carbonyl (C=O) groups is 1. The number of benzene rings is 1. The van der Waals surface area contributed by atoms with Crippen LogP contribution in [-0.2, 0) is 6.42 Å².